The van der Waals surface area contributed by atoms with E-state index in [1.807, 2.05) is 69.1 Å². The Balaban J connectivity index is 0.969. The van der Waals surface area contributed by atoms with Gasteiger partial charge in [-0.25, -0.2) is 4.79 Å². The zero-order chi connectivity index (χ0) is 34.2. The Morgan fingerprint density at radius 2 is 1.60 bits per heavy atom. The van der Waals surface area contributed by atoms with Crippen molar-refractivity contribution in [2.45, 2.75) is 77.2 Å². The maximum atomic E-state index is 13.3. The number of anilines is 1. The molecular weight excluding hydrogens is 612 g/mol. The monoisotopic (exact) mass is 658 g/mol. The molecule has 2 aromatic rings. The van der Waals surface area contributed by atoms with Crippen LogP contribution in [0.4, 0.5) is 10.5 Å². The van der Waals surface area contributed by atoms with Crippen LogP contribution < -0.4 is 10.2 Å². The minimum absolute atomic E-state index is 0.0119. The van der Waals surface area contributed by atoms with Crippen molar-refractivity contribution in [1.29, 1.82) is 0 Å². The van der Waals surface area contributed by atoms with E-state index in [0.29, 0.717) is 37.2 Å². The first-order chi connectivity index (χ1) is 22.9. The average Bonchev–Trinajstić information content (AvgIpc) is 3.39. The van der Waals surface area contributed by atoms with E-state index in [9.17, 15) is 24.0 Å². The quantitative estimate of drug-likeness (QED) is 0.470. The number of nitrogens with zero attached hydrogens (tertiary/aromatic N) is 5. The van der Waals surface area contributed by atoms with Crippen LogP contribution >= 0.6 is 0 Å². The Morgan fingerprint density at radius 3 is 2.25 bits per heavy atom. The topological polar surface area (TPSA) is 123 Å². The SMILES string of the molecule is CN(C(=O)c1ccc(CN2CCN(c3ccc4c(c3)CN(C3CCC(=O)NC3=O)C4=O)CC2)cc1)C1CCN(C(=O)OC(C)(C)C)CC1. The van der Waals surface area contributed by atoms with Gasteiger partial charge in [-0.05, 0) is 81.5 Å². The van der Waals surface area contributed by atoms with Crippen LogP contribution in [0.25, 0.3) is 0 Å². The zero-order valence-corrected chi connectivity index (χ0v) is 28.4. The first-order valence-corrected chi connectivity index (χ1v) is 17.0. The van der Waals surface area contributed by atoms with Crippen molar-refractivity contribution in [1.82, 2.24) is 24.9 Å². The Labute approximate surface area is 281 Å². The van der Waals surface area contributed by atoms with Gasteiger partial charge >= 0.3 is 6.09 Å². The van der Waals surface area contributed by atoms with Gasteiger partial charge in [0, 0.05) is 88.7 Å². The Morgan fingerprint density at radius 1 is 0.917 bits per heavy atom. The molecule has 1 atom stereocenters. The number of carbonyl (C=O) groups is 5. The number of piperazine rings is 1. The molecule has 12 nitrogen and oxygen atoms in total. The molecule has 2 aromatic carbocycles. The van der Waals surface area contributed by atoms with Crippen LogP contribution in [-0.4, -0.2) is 113 Å². The van der Waals surface area contributed by atoms with E-state index < -0.39 is 17.6 Å². The lowest BCUT2D eigenvalue weighted by molar-refractivity contribution is -0.136. The number of likely N-dealkylation sites (tertiary alicyclic amines) is 1. The van der Waals surface area contributed by atoms with Gasteiger partial charge in [0.15, 0.2) is 0 Å². The number of nitrogens with one attached hydrogen (secondary N) is 1. The molecule has 3 saturated heterocycles. The first kappa shape index (κ1) is 33.5. The molecule has 256 valence electrons. The van der Waals surface area contributed by atoms with Crippen LogP contribution in [0.2, 0.25) is 0 Å². The van der Waals surface area contributed by atoms with Gasteiger partial charge in [0.1, 0.15) is 11.6 Å². The van der Waals surface area contributed by atoms with Crippen molar-refractivity contribution in [3.63, 3.8) is 0 Å². The van der Waals surface area contributed by atoms with Crippen LogP contribution in [0.3, 0.4) is 0 Å². The van der Waals surface area contributed by atoms with Crippen molar-refractivity contribution in [2.75, 3.05) is 51.2 Å². The number of hydrogen-bond donors (Lipinski definition) is 1. The highest BCUT2D eigenvalue weighted by Gasteiger charge is 2.39. The summed E-state index contributed by atoms with van der Waals surface area (Å²) in [6.07, 6.45) is 1.73. The van der Waals surface area contributed by atoms with Crippen LogP contribution in [0.1, 0.15) is 78.3 Å². The Bertz CT molecular complexity index is 1570. The number of benzene rings is 2. The number of imide groups is 1. The summed E-state index contributed by atoms with van der Waals surface area (Å²) in [6, 6.07) is 13.2. The van der Waals surface area contributed by atoms with Crippen LogP contribution in [0, 0.1) is 0 Å². The number of carbonyl (C=O) groups excluding carboxylic acids is 5. The molecule has 48 heavy (non-hydrogen) atoms. The van der Waals surface area contributed by atoms with E-state index in [4.69, 9.17) is 4.74 Å². The summed E-state index contributed by atoms with van der Waals surface area (Å²) in [6.45, 7) is 11.3. The van der Waals surface area contributed by atoms with Crippen molar-refractivity contribution < 1.29 is 28.7 Å². The molecule has 0 spiro atoms. The first-order valence-electron chi connectivity index (χ1n) is 17.0. The molecule has 0 saturated carbocycles. The zero-order valence-electron chi connectivity index (χ0n) is 28.4. The molecule has 0 aliphatic carbocycles. The highest BCUT2D eigenvalue weighted by molar-refractivity contribution is 6.05. The van der Waals surface area contributed by atoms with Gasteiger partial charge in [-0.15, -0.1) is 0 Å². The molecule has 1 unspecified atom stereocenters. The van der Waals surface area contributed by atoms with Crippen molar-refractivity contribution in [3.8, 4) is 0 Å². The summed E-state index contributed by atoms with van der Waals surface area (Å²) < 4.78 is 5.50. The molecule has 4 aliphatic heterocycles. The number of piperidine rings is 2. The lowest BCUT2D eigenvalue weighted by atomic mass is 10.0. The Hall–Kier alpha value is -4.45. The number of rotatable bonds is 6. The van der Waals surface area contributed by atoms with Gasteiger partial charge < -0.3 is 24.3 Å². The number of amides is 5. The second kappa shape index (κ2) is 13.6. The molecule has 3 fully saturated rings. The van der Waals surface area contributed by atoms with Gasteiger partial charge in [0.25, 0.3) is 11.8 Å². The van der Waals surface area contributed by atoms with E-state index >= 15 is 0 Å². The summed E-state index contributed by atoms with van der Waals surface area (Å²) in [5.74, 6) is -0.854. The van der Waals surface area contributed by atoms with Crippen molar-refractivity contribution >= 4 is 35.4 Å². The van der Waals surface area contributed by atoms with Crippen LogP contribution in [-0.2, 0) is 27.4 Å². The Kier molecular flexibility index (Phi) is 9.46. The van der Waals surface area contributed by atoms with E-state index in [1.54, 1.807) is 9.80 Å². The molecule has 0 bridgehead atoms. The second-order valence-corrected chi connectivity index (χ2v) is 14.3. The standard InChI is InChI=1S/C36H46N6O6/c1-36(2,3)48-35(47)41-15-13-27(14-16-41)38(4)33(45)25-7-5-24(6-8-25)22-39-17-19-40(20-18-39)28-9-10-29-26(21-28)23-42(34(29)46)30-11-12-31(43)37-32(30)44/h5-10,21,27,30H,11-20,22-23H2,1-4H3,(H,37,43,44). The smallest absolute Gasteiger partial charge is 0.410 e. The van der Waals surface area contributed by atoms with Crippen molar-refractivity contribution in [3.05, 3.63) is 64.7 Å². The van der Waals surface area contributed by atoms with Crippen LogP contribution in [0.15, 0.2) is 42.5 Å². The fourth-order valence-corrected chi connectivity index (χ4v) is 7.06. The lowest BCUT2D eigenvalue weighted by Gasteiger charge is -2.37. The normalized spacial score (nSPS) is 20.9. The fraction of sp³-hybridized carbons (Fsp3) is 0.528. The van der Waals surface area contributed by atoms with Gasteiger partial charge in [0.2, 0.25) is 11.8 Å². The number of fused-ring (bicyclic) bond motifs is 1. The van der Waals surface area contributed by atoms with E-state index in [-0.39, 0.29) is 36.3 Å². The van der Waals surface area contributed by atoms with E-state index in [0.717, 1.165) is 62.4 Å². The van der Waals surface area contributed by atoms with Crippen molar-refractivity contribution in [2.24, 2.45) is 0 Å². The van der Waals surface area contributed by atoms with E-state index in [2.05, 4.69) is 21.2 Å². The molecule has 4 heterocycles. The summed E-state index contributed by atoms with van der Waals surface area (Å²) in [4.78, 5) is 72.6. The number of hydrogen-bond acceptors (Lipinski definition) is 8. The third-order valence-electron chi connectivity index (χ3n) is 9.84. The van der Waals surface area contributed by atoms with Gasteiger partial charge in [-0.3, -0.25) is 29.4 Å². The molecule has 12 heteroatoms. The van der Waals surface area contributed by atoms with Gasteiger partial charge in [-0.2, -0.15) is 0 Å². The minimum Gasteiger partial charge on any atom is -0.444 e. The second-order valence-electron chi connectivity index (χ2n) is 14.3. The van der Waals surface area contributed by atoms with Gasteiger partial charge in [0.05, 0.1) is 0 Å². The summed E-state index contributed by atoms with van der Waals surface area (Å²) in [5, 5.41) is 2.36. The third kappa shape index (κ3) is 7.33. The highest BCUT2D eigenvalue weighted by atomic mass is 16.6. The molecule has 1 N–H and O–H groups in total. The van der Waals surface area contributed by atoms with Crippen LogP contribution in [0.5, 0.6) is 0 Å². The predicted molar refractivity (Wildman–Crippen MR) is 179 cm³/mol. The summed E-state index contributed by atoms with van der Waals surface area (Å²) >= 11 is 0. The molecule has 0 aromatic heterocycles. The molecule has 5 amide bonds. The molecule has 4 aliphatic rings. The fourth-order valence-electron chi connectivity index (χ4n) is 7.06. The molecule has 0 radical (unpaired) electrons. The maximum absolute atomic E-state index is 13.3. The number of ether oxygens (including phenoxy) is 1. The summed E-state index contributed by atoms with van der Waals surface area (Å²) in [5.41, 5.74) is 3.88. The highest BCUT2D eigenvalue weighted by Crippen LogP contribution is 2.31. The molecular formula is C36H46N6O6. The minimum atomic E-state index is -0.613. The predicted octanol–water partition coefficient (Wildman–Crippen LogP) is 3.24. The average molecular weight is 659 g/mol. The third-order valence-corrected chi connectivity index (χ3v) is 9.84. The lowest BCUT2D eigenvalue weighted by Crippen LogP contribution is -2.52. The molecule has 6 rings (SSSR count). The van der Waals surface area contributed by atoms with Gasteiger partial charge in [-0.1, -0.05) is 12.1 Å². The maximum Gasteiger partial charge on any atom is 0.410 e. The largest absolute Gasteiger partial charge is 0.444 e. The summed E-state index contributed by atoms with van der Waals surface area (Å²) in [7, 11) is 1.84. The van der Waals surface area contributed by atoms with E-state index in [1.165, 1.54) is 0 Å².